The fourth-order valence-corrected chi connectivity index (χ4v) is 2.33. The van der Waals surface area contributed by atoms with Gasteiger partial charge in [-0.3, -0.25) is 14.6 Å². The molecule has 0 saturated carbocycles. The summed E-state index contributed by atoms with van der Waals surface area (Å²) in [7, 11) is 0. The first-order valence-corrected chi connectivity index (χ1v) is 5.76. The average molecular weight is 223 g/mol. The quantitative estimate of drug-likeness (QED) is 0.608. The van der Waals surface area contributed by atoms with Crippen molar-refractivity contribution in [3.05, 3.63) is 0 Å². The summed E-state index contributed by atoms with van der Waals surface area (Å²) >= 11 is 0. The molecule has 0 aromatic heterocycles. The van der Waals surface area contributed by atoms with Crippen molar-refractivity contribution in [3.8, 4) is 6.07 Å². The van der Waals surface area contributed by atoms with E-state index in [1.165, 1.54) is 0 Å². The zero-order valence-electron chi connectivity index (χ0n) is 9.56. The van der Waals surface area contributed by atoms with Gasteiger partial charge in [-0.1, -0.05) is 0 Å². The Morgan fingerprint density at radius 3 is 2.62 bits per heavy atom. The van der Waals surface area contributed by atoms with Crippen molar-refractivity contribution in [2.45, 2.75) is 25.4 Å². The van der Waals surface area contributed by atoms with Crippen LogP contribution in [0.25, 0.3) is 0 Å². The zero-order chi connectivity index (χ0) is 11.5. The molecule has 0 aromatic carbocycles. The Morgan fingerprint density at radius 2 is 2.12 bits per heavy atom. The van der Waals surface area contributed by atoms with Crippen molar-refractivity contribution in [2.75, 3.05) is 32.8 Å². The maximum Gasteiger partial charge on any atom is 0.323 e. The lowest BCUT2D eigenvalue weighted by molar-refractivity contribution is -0.142. The van der Waals surface area contributed by atoms with E-state index in [9.17, 15) is 4.79 Å². The molecular formula is C11H17N3O2. The first-order chi connectivity index (χ1) is 7.72. The topological polar surface area (TPSA) is 56.6 Å². The Labute approximate surface area is 95.6 Å². The molecule has 0 spiro atoms. The number of carbonyl (C=O) groups excluding carboxylic acids is 1. The Kier molecular flexibility index (Phi) is 3.42. The summed E-state index contributed by atoms with van der Waals surface area (Å²) in [6.45, 7) is 5.90. The molecule has 5 heteroatoms. The highest BCUT2D eigenvalue weighted by Crippen LogP contribution is 2.16. The first-order valence-electron chi connectivity index (χ1n) is 5.76. The Bertz CT molecular complexity index is 305. The molecule has 2 aliphatic heterocycles. The van der Waals surface area contributed by atoms with Crippen LogP contribution in [0.3, 0.4) is 0 Å². The molecule has 0 aliphatic carbocycles. The molecule has 0 bridgehead atoms. The molecule has 0 amide bonds. The van der Waals surface area contributed by atoms with Crippen LogP contribution in [0.5, 0.6) is 0 Å². The van der Waals surface area contributed by atoms with Crippen LogP contribution in [0.4, 0.5) is 0 Å². The summed E-state index contributed by atoms with van der Waals surface area (Å²) in [4.78, 5) is 15.7. The number of hydrogen-bond donors (Lipinski definition) is 0. The molecule has 16 heavy (non-hydrogen) atoms. The normalized spacial score (nSPS) is 29.8. The fraction of sp³-hybridized carbons (Fsp3) is 0.818. The minimum atomic E-state index is -0.0817. The number of esters is 1. The maximum atomic E-state index is 11.4. The molecule has 88 valence electrons. The highest BCUT2D eigenvalue weighted by Gasteiger charge is 2.34. The summed E-state index contributed by atoms with van der Waals surface area (Å²) < 4.78 is 4.97. The van der Waals surface area contributed by atoms with Gasteiger partial charge in [0.2, 0.25) is 0 Å². The third kappa shape index (κ3) is 2.18. The predicted octanol–water partition coefficient (Wildman–Crippen LogP) is -0.168. The van der Waals surface area contributed by atoms with Gasteiger partial charge in [-0.05, 0) is 6.92 Å². The van der Waals surface area contributed by atoms with Gasteiger partial charge in [0.1, 0.15) is 6.04 Å². The lowest BCUT2D eigenvalue weighted by Gasteiger charge is -2.37. The van der Waals surface area contributed by atoms with E-state index in [-0.39, 0.29) is 18.1 Å². The molecule has 0 radical (unpaired) electrons. The lowest BCUT2D eigenvalue weighted by Crippen LogP contribution is -2.53. The van der Waals surface area contributed by atoms with Gasteiger partial charge in [-0.25, -0.2) is 0 Å². The molecule has 0 aromatic rings. The van der Waals surface area contributed by atoms with E-state index in [1.807, 2.05) is 6.92 Å². The molecule has 5 nitrogen and oxygen atoms in total. The molecular weight excluding hydrogens is 206 g/mol. The van der Waals surface area contributed by atoms with Crippen LogP contribution >= 0.6 is 0 Å². The summed E-state index contributed by atoms with van der Waals surface area (Å²) in [6, 6.07) is 2.17. The smallest absolute Gasteiger partial charge is 0.323 e. The van der Waals surface area contributed by atoms with Crippen LogP contribution in [0.15, 0.2) is 0 Å². The van der Waals surface area contributed by atoms with Gasteiger partial charge in [0.15, 0.2) is 0 Å². The average Bonchev–Trinajstić information content (AvgIpc) is 2.75. The summed E-state index contributed by atoms with van der Waals surface area (Å²) in [5.41, 5.74) is 0. The molecule has 2 aliphatic rings. The number of piperazine rings is 1. The second-order valence-electron chi connectivity index (χ2n) is 4.35. The zero-order valence-corrected chi connectivity index (χ0v) is 9.56. The Morgan fingerprint density at radius 1 is 1.44 bits per heavy atom. The van der Waals surface area contributed by atoms with E-state index in [0.29, 0.717) is 6.61 Å². The molecule has 2 fully saturated rings. The summed E-state index contributed by atoms with van der Waals surface area (Å²) in [5, 5.41) is 8.83. The van der Waals surface area contributed by atoms with E-state index in [0.717, 1.165) is 32.6 Å². The standard InChI is InChI=1S/C11H17N3O2/c1-9(8-12)13-3-5-14(6-4-13)10-2-7-16-11(10)15/h9-10H,2-7H2,1H3. The monoisotopic (exact) mass is 223 g/mol. The number of nitrogens with zero attached hydrogens (tertiary/aromatic N) is 3. The highest BCUT2D eigenvalue weighted by molar-refractivity contribution is 5.77. The SMILES string of the molecule is CC(C#N)N1CCN(C2CCOC2=O)CC1. The van der Waals surface area contributed by atoms with E-state index in [4.69, 9.17) is 10.00 Å². The van der Waals surface area contributed by atoms with Crippen molar-refractivity contribution in [1.82, 2.24) is 9.80 Å². The molecule has 2 heterocycles. The van der Waals surface area contributed by atoms with Gasteiger partial charge in [-0.2, -0.15) is 5.26 Å². The van der Waals surface area contributed by atoms with E-state index in [1.54, 1.807) is 0 Å². The summed E-state index contributed by atoms with van der Waals surface area (Å²) in [6.07, 6.45) is 0.812. The predicted molar refractivity (Wildman–Crippen MR) is 57.6 cm³/mol. The van der Waals surface area contributed by atoms with Gasteiger partial charge in [-0.15, -0.1) is 0 Å². The van der Waals surface area contributed by atoms with E-state index in [2.05, 4.69) is 15.9 Å². The van der Waals surface area contributed by atoms with E-state index < -0.39 is 0 Å². The lowest BCUT2D eigenvalue weighted by atomic mass is 10.1. The molecule has 0 N–H and O–H groups in total. The Hall–Kier alpha value is -1.12. The van der Waals surface area contributed by atoms with Gasteiger partial charge < -0.3 is 4.74 Å². The van der Waals surface area contributed by atoms with Crippen LogP contribution in [-0.2, 0) is 9.53 Å². The van der Waals surface area contributed by atoms with Gasteiger partial charge >= 0.3 is 5.97 Å². The third-order valence-corrected chi connectivity index (χ3v) is 3.43. The largest absolute Gasteiger partial charge is 0.464 e. The van der Waals surface area contributed by atoms with Crippen LogP contribution in [0.1, 0.15) is 13.3 Å². The second-order valence-corrected chi connectivity index (χ2v) is 4.35. The Balaban J connectivity index is 1.86. The highest BCUT2D eigenvalue weighted by atomic mass is 16.5. The van der Waals surface area contributed by atoms with Gasteiger partial charge in [0.25, 0.3) is 0 Å². The minimum Gasteiger partial charge on any atom is -0.464 e. The number of carbonyl (C=O) groups is 1. The molecule has 2 saturated heterocycles. The van der Waals surface area contributed by atoms with Gasteiger partial charge in [0, 0.05) is 32.6 Å². The van der Waals surface area contributed by atoms with Crippen molar-refractivity contribution in [3.63, 3.8) is 0 Å². The third-order valence-electron chi connectivity index (χ3n) is 3.43. The molecule has 2 unspecified atom stereocenters. The van der Waals surface area contributed by atoms with Crippen LogP contribution < -0.4 is 0 Å². The van der Waals surface area contributed by atoms with Crippen LogP contribution in [0, 0.1) is 11.3 Å². The van der Waals surface area contributed by atoms with Crippen LogP contribution in [-0.4, -0.2) is 60.6 Å². The minimum absolute atomic E-state index is 0.0299. The number of ether oxygens (including phenoxy) is 1. The first kappa shape index (κ1) is 11.4. The van der Waals surface area contributed by atoms with Crippen molar-refractivity contribution >= 4 is 5.97 Å². The van der Waals surface area contributed by atoms with Crippen molar-refractivity contribution in [2.24, 2.45) is 0 Å². The number of nitriles is 1. The maximum absolute atomic E-state index is 11.4. The second kappa shape index (κ2) is 4.81. The summed E-state index contributed by atoms with van der Waals surface area (Å²) in [5.74, 6) is -0.0817. The number of rotatable bonds is 2. The number of cyclic esters (lactones) is 1. The molecule has 2 atom stereocenters. The van der Waals surface area contributed by atoms with Crippen LogP contribution in [0.2, 0.25) is 0 Å². The van der Waals surface area contributed by atoms with Crippen molar-refractivity contribution < 1.29 is 9.53 Å². The molecule has 2 rings (SSSR count). The van der Waals surface area contributed by atoms with E-state index >= 15 is 0 Å². The van der Waals surface area contributed by atoms with Crippen molar-refractivity contribution in [1.29, 1.82) is 5.26 Å². The number of hydrogen-bond acceptors (Lipinski definition) is 5. The fourth-order valence-electron chi connectivity index (χ4n) is 2.33. The van der Waals surface area contributed by atoms with Gasteiger partial charge in [0.05, 0.1) is 18.7 Å².